The van der Waals surface area contributed by atoms with Crippen LogP contribution in [0.3, 0.4) is 0 Å². The highest BCUT2D eigenvalue weighted by Crippen LogP contribution is 2.58. The Morgan fingerprint density at radius 3 is 2.35 bits per heavy atom. The van der Waals surface area contributed by atoms with Crippen molar-refractivity contribution >= 4 is 0 Å². The van der Waals surface area contributed by atoms with E-state index < -0.39 is 11.3 Å². The molecule has 178 valence electrons. The third kappa shape index (κ3) is 4.24. The van der Waals surface area contributed by atoms with Gasteiger partial charge < -0.3 is 15.2 Å². The maximum absolute atomic E-state index is 10.3. The van der Waals surface area contributed by atoms with Gasteiger partial charge in [0, 0.05) is 5.92 Å². The Labute approximate surface area is 203 Å². The van der Waals surface area contributed by atoms with Gasteiger partial charge in [-0.25, -0.2) is 0 Å². The van der Waals surface area contributed by atoms with E-state index in [-0.39, 0.29) is 22.6 Å². The van der Waals surface area contributed by atoms with Crippen molar-refractivity contribution in [2.75, 3.05) is 13.2 Å². The van der Waals surface area contributed by atoms with Gasteiger partial charge in [0.2, 0.25) is 0 Å². The lowest BCUT2D eigenvalue weighted by Crippen LogP contribution is -2.44. The summed E-state index contributed by atoms with van der Waals surface area (Å²) in [5.41, 5.74) is 6.82. The minimum absolute atomic E-state index is 0.0440. The van der Waals surface area contributed by atoms with Crippen LogP contribution in [0, 0.1) is 56.7 Å². The van der Waals surface area contributed by atoms with Gasteiger partial charge in [-0.3, -0.25) is 0 Å². The molecule has 0 saturated carbocycles. The zero-order valence-corrected chi connectivity index (χ0v) is 20.8. The first-order chi connectivity index (χ1) is 16.2. The molecule has 6 heteroatoms. The number of hydrogen-bond acceptors (Lipinski definition) is 6. The summed E-state index contributed by atoms with van der Waals surface area (Å²) < 4.78 is 11.7. The highest BCUT2D eigenvalue weighted by atomic mass is 16.5. The van der Waals surface area contributed by atoms with Crippen molar-refractivity contribution in [1.29, 1.82) is 15.8 Å². The lowest BCUT2D eigenvalue weighted by Gasteiger charge is -2.47. The molecule has 0 heterocycles. The van der Waals surface area contributed by atoms with E-state index >= 15 is 0 Å². The molecule has 34 heavy (non-hydrogen) atoms. The van der Waals surface area contributed by atoms with Crippen LogP contribution in [-0.2, 0) is 0 Å². The fourth-order valence-corrected chi connectivity index (χ4v) is 5.29. The first kappa shape index (κ1) is 25.2. The van der Waals surface area contributed by atoms with Crippen LogP contribution in [0.15, 0.2) is 41.1 Å². The van der Waals surface area contributed by atoms with Crippen molar-refractivity contribution in [1.82, 2.24) is 0 Å². The highest BCUT2D eigenvalue weighted by molar-refractivity contribution is 5.60. The van der Waals surface area contributed by atoms with Gasteiger partial charge in [-0.1, -0.05) is 39.8 Å². The zero-order valence-electron chi connectivity index (χ0n) is 20.8. The van der Waals surface area contributed by atoms with Gasteiger partial charge in [0.15, 0.2) is 16.9 Å². The van der Waals surface area contributed by atoms with E-state index in [4.69, 9.17) is 15.2 Å². The van der Waals surface area contributed by atoms with Gasteiger partial charge in [-0.2, -0.15) is 15.8 Å². The van der Waals surface area contributed by atoms with E-state index in [2.05, 4.69) is 45.1 Å². The van der Waals surface area contributed by atoms with E-state index in [0.717, 1.165) is 30.4 Å². The van der Waals surface area contributed by atoms with E-state index in [0.29, 0.717) is 30.6 Å². The Balaban J connectivity index is 2.25. The fourth-order valence-electron chi connectivity index (χ4n) is 5.29. The Morgan fingerprint density at radius 2 is 1.79 bits per heavy atom. The molecule has 0 aliphatic heterocycles. The normalized spacial score (nSPS) is 23.6. The van der Waals surface area contributed by atoms with Gasteiger partial charge in [0.1, 0.15) is 6.07 Å². The summed E-state index contributed by atoms with van der Waals surface area (Å²) in [6.07, 6.45) is 4.57. The van der Waals surface area contributed by atoms with Gasteiger partial charge in [0.05, 0.1) is 36.6 Å². The number of rotatable bonds is 6. The predicted octanol–water partition coefficient (Wildman–Crippen LogP) is 5.74. The largest absolute Gasteiger partial charge is 0.490 e. The summed E-state index contributed by atoms with van der Waals surface area (Å²) in [5, 5.41) is 30.6. The summed E-state index contributed by atoms with van der Waals surface area (Å²) in [5.74, 6) is 0.847. The molecule has 1 aromatic rings. The molecule has 6 nitrogen and oxygen atoms in total. The maximum atomic E-state index is 10.3. The van der Waals surface area contributed by atoms with Crippen LogP contribution in [0.4, 0.5) is 0 Å². The quantitative estimate of drug-likeness (QED) is 0.581. The van der Waals surface area contributed by atoms with Crippen LogP contribution in [-0.4, -0.2) is 13.2 Å². The molecule has 3 atom stereocenters. The third-order valence-corrected chi connectivity index (χ3v) is 7.19. The monoisotopic (exact) mass is 458 g/mol. The summed E-state index contributed by atoms with van der Waals surface area (Å²) in [6, 6.07) is 12.3. The van der Waals surface area contributed by atoms with Crippen molar-refractivity contribution < 1.29 is 9.47 Å². The molecule has 0 saturated heterocycles. The number of nitrogens with two attached hydrogens (primary N) is 1. The van der Waals surface area contributed by atoms with Gasteiger partial charge in [0.25, 0.3) is 0 Å². The predicted molar refractivity (Wildman–Crippen MR) is 130 cm³/mol. The number of nitriles is 3. The van der Waals surface area contributed by atoms with E-state index in [1.54, 1.807) is 0 Å². The number of ether oxygens (including phenoxy) is 2. The number of fused-ring (bicyclic) bond motifs is 1. The molecule has 3 rings (SSSR count). The van der Waals surface area contributed by atoms with Gasteiger partial charge in [-0.05, 0) is 66.7 Å². The second-order valence-electron chi connectivity index (χ2n) is 10.2. The second kappa shape index (κ2) is 9.82. The summed E-state index contributed by atoms with van der Waals surface area (Å²) >= 11 is 0. The Kier molecular flexibility index (Phi) is 7.28. The van der Waals surface area contributed by atoms with Crippen molar-refractivity contribution in [2.45, 2.75) is 59.8 Å². The number of allylic oxidation sites excluding steroid dienone is 4. The topological polar surface area (TPSA) is 116 Å². The van der Waals surface area contributed by atoms with Crippen LogP contribution in [0.25, 0.3) is 0 Å². The average Bonchev–Trinajstić information content (AvgIpc) is 2.82. The molecule has 1 aromatic carbocycles. The second-order valence-corrected chi connectivity index (χ2v) is 10.2. The summed E-state index contributed by atoms with van der Waals surface area (Å²) in [7, 11) is 0. The lowest BCUT2D eigenvalue weighted by molar-refractivity contribution is 0.170. The van der Waals surface area contributed by atoms with E-state index in [1.165, 1.54) is 0 Å². The van der Waals surface area contributed by atoms with Crippen LogP contribution in [0.1, 0.15) is 65.4 Å². The SMILES string of the molecule is CCCOc1ccc(C2C3CC(C(C)(C)C)CC=C3C(C#N)=C(N)C2(C#N)C#N)cc1OCC. The van der Waals surface area contributed by atoms with E-state index in [1.807, 2.05) is 32.0 Å². The maximum Gasteiger partial charge on any atom is 0.191 e. The Morgan fingerprint density at radius 1 is 1.09 bits per heavy atom. The summed E-state index contributed by atoms with van der Waals surface area (Å²) in [6.45, 7) is 11.6. The Hall–Kier alpha value is -3.43. The molecule has 0 aromatic heterocycles. The van der Waals surface area contributed by atoms with Crippen molar-refractivity contribution in [3.8, 4) is 29.7 Å². The molecule has 3 unspecified atom stereocenters. The van der Waals surface area contributed by atoms with Crippen LogP contribution in [0.5, 0.6) is 11.5 Å². The molecule has 2 aliphatic carbocycles. The highest BCUT2D eigenvalue weighted by Gasteiger charge is 2.55. The molecule has 2 N–H and O–H groups in total. The third-order valence-electron chi connectivity index (χ3n) is 7.19. The van der Waals surface area contributed by atoms with Crippen LogP contribution < -0.4 is 15.2 Å². The lowest BCUT2D eigenvalue weighted by atomic mass is 9.54. The van der Waals surface area contributed by atoms with E-state index in [9.17, 15) is 15.8 Å². The van der Waals surface area contributed by atoms with Crippen LogP contribution >= 0.6 is 0 Å². The molecule has 0 radical (unpaired) electrons. The fraction of sp³-hybridized carbons (Fsp3) is 0.536. The van der Waals surface area contributed by atoms with Gasteiger partial charge in [-0.15, -0.1) is 0 Å². The molecular formula is C28H34N4O2. The molecule has 0 fully saturated rings. The van der Waals surface area contributed by atoms with Crippen molar-refractivity contribution in [3.05, 3.63) is 46.7 Å². The Bertz CT molecular complexity index is 1110. The molecule has 2 aliphatic rings. The number of benzene rings is 1. The minimum Gasteiger partial charge on any atom is -0.490 e. The van der Waals surface area contributed by atoms with Gasteiger partial charge >= 0.3 is 0 Å². The number of nitrogens with zero attached hydrogens (tertiary/aromatic N) is 3. The smallest absolute Gasteiger partial charge is 0.191 e. The minimum atomic E-state index is -1.65. The van der Waals surface area contributed by atoms with Crippen LogP contribution in [0.2, 0.25) is 0 Å². The van der Waals surface area contributed by atoms with Crippen molar-refractivity contribution in [3.63, 3.8) is 0 Å². The first-order valence-corrected chi connectivity index (χ1v) is 12.0. The first-order valence-electron chi connectivity index (χ1n) is 12.0. The average molecular weight is 459 g/mol. The van der Waals surface area contributed by atoms with Crippen molar-refractivity contribution in [2.24, 2.45) is 28.4 Å². The molecule has 0 bridgehead atoms. The molecule has 0 amide bonds. The molecule has 0 spiro atoms. The zero-order chi connectivity index (χ0) is 25.1. The number of hydrogen-bond donors (Lipinski definition) is 1. The molecular weight excluding hydrogens is 424 g/mol. The summed E-state index contributed by atoms with van der Waals surface area (Å²) in [4.78, 5) is 0. The standard InChI is InChI=1S/C28H34N4O2/c1-6-12-34-23-11-8-18(13-24(23)33-7-2)25-21-14-19(27(3,4)5)9-10-20(21)22(15-29)26(32)28(25,16-30)17-31/h8,10-11,13,19,21,25H,6-7,9,12,14,32H2,1-5H3.